The Bertz CT molecular complexity index is 312. The van der Waals surface area contributed by atoms with Gasteiger partial charge >= 0.3 is 0 Å². The largest absolute Gasteiger partial charge is 0.299 e. The molecule has 1 aromatic rings. The quantitative estimate of drug-likeness (QED) is 0.522. The summed E-state index contributed by atoms with van der Waals surface area (Å²) < 4.78 is 2.85. The van der Waals surface area contributed by atoms with Gasteiger partial charge in [-0.25, -0.2) is 0 Å². The molecule has 1 aliphatic rings. The van der Waals surface area contributed by atoms with Gasteiger partial charge in [0.05, 0.1) is 0 Å². The third-order valence-corrected chi connectivity index (χ3v) is 2.86. The highest BCUT2D eigenvalue weighted by Gasteiger charge is 2.25. The smallest absolute Gasteiger partial charge is 0.273 e. The Balaban J connectivity index is 2.57. The van der Waals surface area contributed by atoms with Crippen molar-refractivity contribution in [2.75, 3.05) is 7.11 Å². The summed E-state index contributed by atoms with van der Waals surface area (Å²) in [6.07, 6.45) is 3.56. The summed E-state index contributed by atoms with van der Waals surface area (Å²) in [5, 5.41) is 0. The van der Waals surface area contributed by atoms with E-state index in [9.17, 15) is 0 Å². The van der Waals surface area contributed by atoms with E-state index < -0.39 is 0 Å². The van der Waals surface area contributed by atoms with Crippen LogP contribution < -0.4 is 9.57 Å². The van der Waals surface area contributed by atoms with Crippen LogP contribution in [0.3, 0.4) is 0 Å². The molecule has 0 unspecified atom stereocenters. The Hall–Kier alpha value is -0.570. The van der Waals surface area contributed by atoms with Crippen molar-refractivity contribution in [3.05, 3.63) is 28.0 Å². The zero-order chi connectivity index (χ0) is 8.55. The van der Waals surface area contributed by atoms with Crippen LogP contribution in [0.4, 0.5) is 0 Å². The van der Waals surface area contributed by atoms with Gasteiger partial charge in [-0.1, -0.05) is 0 Å². The van der Waals surface area contributed by atoms with Crippen LogP contribution in [0.1, 0.15) is 17.7 Å². The summed E-state index contributed by atoms with van der Waals surface area (Å²) in [5.41, 5.74) is 2.73. The number of rotatable bonds is 1. The molecule has 3 heteroatoms. The van der Waals surface area contributed by atoms with Crippen LogP contribution >= 0.6 is 15.9 Å². The van der Waals surface area contributed by atoms with Gasteiger partial charge in [0.2, 0.25) is 5.69 Å². The molecule has 0 fully saturated rings. The Morgan fingerprint density at radius 1 is 1.42 bits per heavy atom. The van der Waals surface area contributed by atoms with Crippen molar-refractivity contribution in [3.8, 4) is 0 Å². The molecule has 1 aromatic heterocycles. The average Bonchev–Trinajstić information content (AvgIpc) is 2.52. The highest BCUT2D eigenvalue weighted by atomic mass is 79.9. The summed E-state index contributed by atoms with van der Waals surface area (Å²) in [4.78, 5) is 5.26. The second kappa shape index (κ2) is 3.05. The molecule has 0 radical (unpaired) electrons. The van der Waals surface area contributed by atoms with Crippen molar-refractivity contribution in [2.45, 2.75) is 19.3 Å². The van der Waals surface area contributed by atoms with Crippen molar-refractivity contribution in [1.29, 1.82) is 0 Å². The van der Waals surface area contributed by atoms with Gasteiger partial charge < -0.3 is 0 Å². The van der Waals surface area contributed by atoms with Gasteiger partial charge in [0.15, 0.2) is 0 Å². The molecule has 0 atom stereocenters. The van der Waals surface area contributed by atoms with Gasteiger partial charge in [0.25, 0.3) is 4.60 Å². The molecule has 1 heterocycles. The van der Waals surface area contributed by atoms with Crippen molar-refractivity contribution in [2.24, 2.45) is 0 Å². The summed E-state index contributed by atoms with van der Waals surface area (Å²) in [6, 6.07) is 4.20. The van der Waals surface area contributed by atoms with Gasteiger partial charge in [-0.05, 0) is 18.9 Å². The number of pyridine rings is 1. The standard InChI is InChI=1S/C9H11BrNO/c1-12-11-8-4-2-3-7(8)5-6-9(11)10/h5-6H,2-4H2,1H3/q+1. The predicted molar refractivity (Wildman–Crippen MR) is 48.9 cm³/mol. The maximum absolute atomic E-state index is 5.26. The molecule has 0 bridgehead atoms. The maximum atomic E-state index is 5.26. The molecule has 1 aliphatic carbocycles. The fourth-order valence-corrected chi connectivity index (χ4v) is 2.22. The van der Waals surface area contributed by atoms with Crippen LogP contribution in [-0.4, -0.2) is 7.11 Å². The van der Waals surface area contributed by atoms with E-state index in [4.69, 9.17) is 4.84 Å². The first kappa shape index (κ1) is 8.05. The third-order valence-electron chi connectivity index (χ3n) is 2.27. The van der Waals surface area contributed by atoms with Crippen LogP contribution in [0.2, 0.25) is 0 Å². The van der Waals surface area contributed by atoms with Gasteiger partial charge in [-0.2, -0.15) is 0 Å². The Labute approximate surface area is 80.3 Å². The second-order valence-electron chi connectivity index (χ2n) is 2.96. The molecule has 0 amide bonds. The Morgan fingerprint density at radius 3 is 3.00 bits per heavy atom. The minimum absolute atomic E-state index is 0.991. The van der Waals surface area contributed by atoms with Crippen molar-refractivity contribution >= 4 is 15.9 Å². The molecule has 0 aliphatic heterocycles. The lowest BCUT2D eigenvalue weighted by atomic mass is 10.2. The Kier molecular flexibility index (Phi) is 2.05. The number of nitrogens with zero attached hydrogens (tertiary/aromatic N) is 1. The van der Waals surface area contributed by atoms with Crippen LogP contribution in [-0.2, 0) is 12.8 Å². The van der Waals surface area contributed by atoms with Gasteiger partial charge in [0, 0.05) is 38.7 Å². The van der Waals surface area contributed by atoms with Gasteiger partial charge in [-0.3, -0.25) is 4.84 Å². The molecular weight excluding hydrogens is 218 g/mol. The molecule has 2 nitrogen and oxygen atoms in total. The SMILES string of the molecule is CO[n+]1c(Br)ccc2c1CCC2. The summed E-state index contributed by atoms with van der Waals surface area (Å²) in [5.74, 6) is 0. The maximum Gasteiger partial charge on any atom is 0.299 e. The van der Waals surface area contributed by atoms with Crippen molar-refractivity contribution in [3.63, 3.8) is 0 Å². The van der Waals surface area contributed by atoms with E-state index in [1.54, 1.807) is 7.11 Å². The van der Waals surface area contributed by atoms with Crippen molar-refractivity contribution in [1.82, 2.24) is 0 Å². The van der Waals surface area contributed by atoms with E-state index in [1.807, 2.05) is 10.8 Å². The van der Waals surface area contributed by atoms with Crippen LogP contribution in [0.15, 0.2) is 16.7 Å². The second-order valence-corrected chi connectivity index (χ2v) is 3.77. The number of fused-ring (bicyclic) bond motifs is 1. The molecular formula is C9H11BrNO+. The minimum Gasteiger partial charge on any atom is -0.273 e. The van der Waals surface area contributed by atoms with Gasteiger partial charge in [-0.15, -0.1) is 0 Å². The van der Waals surface area contributed by atoms with Crippen LogP contribution in [0.25, 0.3) is 0 Å². The average molecular weight is 229 g/mol. The lowest BCUT2D eigenvalue weighted by Gasteiger charge is -1.99. The van der Waals surface area contributed by atoms with Gasteiger partial charge in [0.1, 0.15) is 7.11 Å². The molecule has 0 spiro atoms. The predicted octanol–water partition coefficient (Wildman–Crippen LogP) is 1.28. The monoisotopic (exact) mass is 228 g/mol. The number of halogens is 1. The summed E-state index contributed by atoms with van der Waals surface area (Å²) in [6.45, 7) is 0. The lowest BCUT2D eigenvalue weighted by molar-refractivity contribution is -0.898. The first-order chi connectivity index (χ1) is 5.83. The van der Waals surface area contributed by atoms with Crippen molar-refractivity contribution < 1.29 is 9.57 Å². The molecule has 0 saturated heterocycles. The van der Waals surface area contributed by atoms with E-state index in [0.29, 0.717) is 0 Å². The molecule has 0 N–H and O–H groups in total. The zero-order valence-electron chi connectivity index (χ0n) is 7.01. The zero-order valence-corrected chi connectivity index (χ0v) is 8.60. The van der Waals surface area contributed by atoms with E-state index in [0.717, 1.165) is 11.0 Å². The number of aromatic nitrogens is 1. The van der Waals surface area contributed by atoms with E-state index in [2.05, 4.69) is 22.0 Å². The fourth-order valence-electron chi connectivity index (χ4n) is 1.73. The Morgan fingerprint density at radius 2 is 2.25 bits per heavy atom. The lowest BCUT2D eigenvalue weighted by Crippen LogP contribution is -2.45. The molecule has 2 rings (SSSR count). The van der Waals surface area contributed by atoms with E-state index >= 15 is 0 Å². The third kappa shape index (κ3) is 1.12. The molecule has 0 saturated carbocycles. The normalized spacial score (nSPS) is 14.5. The van der Waals surface area contributed by atoms with E-state index in [-0.39, 0.29) is 0 Å². The number of aryl methyl sites for hydroxylation is 1. The van der Waals surface area contributed by atoms with E-state index in [1.165, 1.54) is 24.1 Å². The summed E-state index contributed by atoms with van der Waals surface area (Å²) >= 11 is 3.45. The highest BCUT2D eigenvalue weighted by molar-refractivity contribution is 9.10. The first-order valence-corrected chi connectivity index (χ1v) is 4.89. The fraction of sp³-hybridized carbons (Fsp3) is 0.444. The first-order valence-electron chi connectivity index (χ1n) is 4.09. The van der Waals surface area contributed by atoms with Crippen LogP contribution in [0.5, 0.6) is 0 Å². The minimum atomic E-state index is 0.991. The molecule has 0 aromatic carbocycles. The number of hydrogen-bond donors (Lipinski definition) is 0. The van der Waals surface area contributed by atoms with Crippen LogP contribution in [0, 0.1) is 0 Å². The molecule has 64 valence electrons. The topological polar surface area (TPSA) is 13.1 Å². The highest BCUT2D eigenvalue weighted by Crippen LogP contribution is 2.19. The summed E-state index contributed by atoms with van der Waals surface area (Å²) in [7, 11) is 1.70. The molecule has 12 heavy (non-hydrogen) atoms. The number of hydrogen-bond acceptors (Lipinski definition) is 1.